The number of unbranched alkanes of at least 4 members (excludes halogenated alkanes) is 2. The summed E-state index contributed by atoms with van der Waals surface area (Å²) in [4.78, 5) is 26.8. The lowest BCUT2D eigenvalue weighted by molar-refractivity contribution is -0.154. The summed E-state index contributed by atoms with van der Waals surface area (Å²) in [5.74, 6) is -1.66. The molecule has 1 aliphatic heterocycles. The molecule has 4 N–H and O–H groups in total. The predicted octanol–water partition coefficient (Wildman–Crippen LogP) is -0.244. The molecule has 26 heavy (non-hydrogen) atoms. The number of aliphatic hydroxyl groups is 2. The van der Waals surface area contributed by atoms with E-state index >= 15 is 0 Å². The minimum Gasteiger partial charge on any atom is -0.463 e. The number of aromatic nitrogens is 3. The third-order valence-corrected chi connectivity index (χ3v) is 4.36. The first kappa shape index (κ1) is 20.3. The molecule has 0 bridgehead atoms. The fraction of sp³-hybridized carbons (Fsp3) is 0.750. The van der Waals surface area contributed by atoms with Crippen LogP contribution in [0.1, 0.15) is 56.4 Å². The number of rotatable bonds is 9. The fourth-order valence-corrected chi connectivity index (χ4v) is 2.72. The summed E-state index contributed by atoms with van der Waals surface area (Å²) in [6.45, 7) is 3.69. The molecule has 1 aromatic rings. The Hall–Kier alpha value is -2.04. The van der Waals surface area contributed by atoms with Crippen LogP contribution in [0, 0.1) is 5.92 Å². The van der Waals surface area contributed by atoms with E-state index in [2.05, 4.69) is 17.0 Å². The first-order chi connectivity index (χ1) is 12.3. The SMILES string of the molecule is CCCCC[C@H](C)C(=O)OCC1OC(n2cnc(C(N)=O)n2)[C@H](O)[C@@H]1O. The quantitative estimate of drug-likeness (QED) is 0.398. The Morgan fingerprint density at radius 1 is 1.38 bits per heavy atom. The molecule has 10 nitrogen and oxygen atoms in total. The number of aliphatic hydroxyl groups excluding tert-OH is 2. The number of hydrogen-bond acceptors (Lipinski definition) is 8. The molecule has 1 fully saturated rings. The van der Waals surface area contributed by atoms with Gasteiger partial charge in [0.15, 0.2) is 6.23 Å². The summed E-state index contributed by atoms with van der Waals surface area (Å²) in [6, 6.07) is 0. The van der Waals surface area contributed by atoms with E-state index in [1.165, 1.54) is 6.33 Å². The lowest BCUT2D eigenvalue weighted by atomic mass is 10.0. The van der Waals surface area contributed by atoms with Gasteiger partial charge in [-0.25, -0.2) is 9.67 Å². The highest BCUT2D eigenvalue weighted by Gasteiger charge is 2.45. The molecule has 146 valence electrons. The highest BCUT2D eigenvalue weighted by atomic mass is 16.6. The van der Waals surface area contributed by atoms with Crippen LogP contribution in [0.5, 0.6) is 0 Å². The third kappa shape index (κ3) is 4.77. The van der Waals surface area contributed by atoms with Crippen LogP contribution in [-0.2, 0) is 14.3 Å². The van der Waals surface area contributed by atoms with Crippen LogP contribution in [0.15, 0.2) is 6.33 Å². The molecule has 1 aliphatic rings. The van der Waals surface area contributed by atoms with Gasteiger partial charge in [-0.1, -0.05) is 33.1 Å². The van der Waals surface area contributed by atoms with E-state index in [0.29, 0.717) is 0 Å². The van der Waals surface area contributed by atoms with E-state index in [1.54, 1.807) is 6.92 Å². The summed E-state index contributed by atoms with van der Waals surface area (Å²) < 4.78 is 11.8. The molecule has 0 aromatic carbocycles. The normalized spacial score (nSPS) is 26.6. The van der Waals surface area contributed by atoms with Gasteiger partial charge in [0.1, 0.15) is 31.2 Å². The van der Waals surface area contributed by atoms with Crippen molar-refractivity contribution in [1.29, 1.82) is 0 Å². The van der Waals surface area contributed by atoms with E-state index in [-0.39, 0.29) is 24.3 Å². The van der Waals surface area contributed by atoms with Crippen molar-refractivity contribution in [2.75, 3.05) is 6.61 Å². The minimum atomic E-state index is -1.32. The maximum atomic E-state index is 12.0. The highest BCUT2D eigenvalue weighted by molar-refractivity contribution is 5.88. The maximum Gasteiger partial charge on any atom is 0.308 e. The average molecular weight is 370 g/mol. The number of primary amides is 1. The molecule has 1 amide bonds. The van der Waals surface area contributed by atoms with Crippen molar-refractivity contribution in [2.24, 2.45) is 11.7 Å². The summed E-state index contributed by atoms with van der Waals surface area (Å²) in [5, 5.41) is 24.0. The first-order valence-electron chi connectivity index (χ1n) is 8.74. The van der Waals surface area contributed by atoms with E-state index in [4.69, 9.17) is 15.2 Å². The second-order valence-corrected chi connectivity index (χ2v) is 6.49. The van der Waals surface area contributed by atoms with Crippen molar-refractivity contribution < 1.29 is 29.3 Å². The number of amides is 1. The van der Waals surface area contributed by atoms with E-state index in [1.807, 2.05) is 0 Å². The maximum absolute atomic E-state index is 12.0. The molecule has 0 saturated carbocycles. The molecule has 1 saturated heterocycles. The smallest absolute Gasteiger partial charge is 0.308 e. The van der Waals surface area contributed by atoms with Crippen molar-refractivity contribution in [3.8, 4) is 0 Å². The first-order valence-corrected chi connectivity index (χ1v) is 8.74. The summed E-state index contributed by atoms with van der Waals surface area (Å²) in [6.07, 6.45) is 0.423. The van der Waals surface area contributed by atoms with Gasteiger partial charge in [0.25, 0.3) is 5.91 Å². The molecule has 0 radical (unpaired) electrons. The van der Waals surface area contributed by atoms with Crippen LogP contribution >= 0.6 is 0 Å². The summed E-state index contributed by atoms with van der Waals surface area (Å²) in [7, 11) is 0. The number of ether oxygens (including phenoxy) is 2. The van der Waals surface area contributed by atoms with Crippen LogP contribution in [-0.4, -0.2) is 61.8 Å². The zero-order valence-electron chi connectivity index (χ0n) is 14.9. The minimum absolute atomic E-state index is 0.191. The molecular formula is C16H26N4O6. The van der Waals surface area contributed by atoms with Crippen molar-refractivity contribution in [2.45, 2.75) is 64.1 Å². The topological polar surface area (TPSA) is 150 Å². The van der Waals surface area contributed by atoms with Crippen LogP contribution in [0.25, 0.3) is 0 Å². The third-order valence-electron chi connectivity index (χ3n) is 4.36. The van der Waals surface area contributed by atoms with Crippen molar-refractivity contribution in [1.82, 2.24) is 14.8 Å². The Bertz CT molecular complexity index is 622. The number of nitrogens with two attached hydrogens (primary N) is 1. The van der Waals surface area contributed by atoms with Crippen molar-refractivity contribution >= 4 is 11.9 Å². The van der Waals surface area contributed by atoms with Gasteiger partial charge in [-0.2, -0.15) is 0 Å². The Morgan fingerprint density at radius 2 is 2.12 bits per heavy atom. The summed E-state index contributed by atoms with van der Waals surface area (Å²) in [5.41, 5.74) is 5.08. The van der Waals surface area contributed by atoms with Gasteiger partial charge in [0.05, 0.1) is 5.92 Å². The zero-order chi connectivity index (χ0) is 19.3. The second-order valence-electron chi connectivity index (χ2n) is 6.49. The number of carbonyl (C=O) groups excluding carboxylic acids is 2. The van der Waals surface area contributed by atoms with Crippen molar-refractivity contribution in [3.05, 3.63) is 12.2 Å². The Balaban J connectivity index is 1.88. The van der Waals surface area contributed by atoms with Crippen LogP contribution < -0.4 is 5.73 Å². The predicted molar refractivity (Wildman–Crippen MR) is 88.7 cm³/mol. The van der Waals surface area contributed by atoms with Gasteiger partial charge >= 0.3 is 5.97 Å². The monoisotopic (exact) mass is 370 g/mol. The zero-order valence-corrected chi connectivity index (χ0v) is 14.9. The molecule has 2 unspecified atom stereocenters. The number of carbonyl (C=O) groups is 2. The van der Waals surface area contributed by atoms with E-state index < -0.39 is 30.4 Å². The van der Waals surface area contributed by atoms with Gasteiger partial charge in [0, 0.05) is 0 Å². The Morgan fingerprint density at radius 3 is 2.73 bits per heavy atom. The molecule has 2 heterocycles. The van der Waals surface area contributed by atoms with Crippen molar-refractivity contribution in [3.63, 3.8) is 0 Å². The van der Waals surface area contributed by atoms with Crippen LogP contribution in [0.4, 0.5) is 0 Å². The molecule has 5 atom stereocenters. The average Bonchev–Trinajstić information content (AvgIpc) is 3.20. The number of esters is 1. The Kier molecular flexibility index (Phi) is 7.06. The standard InChI is InChI=1S/C16H26N4O6/c1-3-4-5-6-9(2)16(24)25-7-10-11(21)12(22)15(26-10)20-8-18-14(19-20)13(17)23/h8-12,15,21-22H,3-7H2,1-2H3,(H2,17,23)/t9-,10?,11+,12+,15?/m0/s1. The Labute approximate surface area is 151 Å². The van der Waals surface area contributed by atoms with Gasteiger partial charge in [-0.05, 0) is 6.42 Å². The van der Waals surface area contributed by atoms with E-state index in [0.717, 1.165) is 30.4 Å². The molecule has 2 rings (SSSR count). The highest BCUT2D eigenvalue weighted by Crippen LogP contribution is 2.29. The fourth-order valence-electron chi connectivity index (χ4n) is 2.72. The van der Waals surface area contributed by atoms with Crippen LogP contribution in [0.3, 0.4) is 0 Å². The van der Waals surface area contributed by atoms with Gasteiger partial charge in [0.2, 0.25) is 5.82 Å². The van der Waals surface area contributed by atoms with Gasteiger partial charge < -0.3 is 25.4 Å². The molecule has 1 aromatic heterocycles. The van der Waals surface area contributed by atoms with Gasteiger partial charge in [-0.15, -0.1) is 5.10 Å². The largest absolute Gasteiger partial charge is 0.463 e. The lowest BCUT2D eigenvalue weighted by Crippen LogP contribution is -2.35. The second kappa shape index (κ2) is 9.06. The molecule has 10 heteroatoms. The van der Waals surface area contributed by atoms with E-state index in [9.17, 15) is 19.8 Å². The van der Waals surface area contributed by atoms with Crippen LogP contribution in [0.2, 0.25) is 0 Å². The molecule has 0 aliphatic carbocycles. The number of hydrogen-bond donors (Lipinski definition) is 3. The lowest BCUT2D eigenvalue weighted by Gasteiger charge is -2.16. The number of nitrogens with zero attached hydrogens (tertiary/aromatic N) is 3. The van der Waals surface area contributed by atoms with Gasteiger partial charge in [-0.3, -0.25) is 9.59 Å². The molecule has 0 spiro atoms. The molecular weight excluding hydrogens is 344 g/mol. The summed E-state index contributed by atoms with van der Waals surface area (Å²) >= 11 is 0.